The highest BCUT2D eigenvalue weighted by atomic mass is 35.5. The number of non-ortho nitro benzene ring substituents is 1. The summed E-state index contributed by atoms with van der Waals surface area (Å²) in [4.78, 5) is 30.6. The van der Waals surface area contributed by atoms with E-state index in [2.05, 4.69) is 10.1 Å². The number of amides is 1. The number of methoxy groups -OCH3 is 1. The van der Waals surface area contributed by atoms with Gasteiger partial charge in [0.2, 0.25) is 5.95 Å². The summed E-state index contributed by atoms with van der Waals surface area (Å²) in [6.45, 7) is 0. The van der Waals surface area contributed by atoms with Gasteiger partial charge in [0.1, 0.15) is 12.1 Å². The number of halogens is 1. The summed E-state index contributed by atoms with van der Waals surface area (Å²) in [6.07, 6.45) is 1.87. The van der Waals surface area contributed by atoms with Crippen LogP contribution in [0.2, 0.25) is 5.02 Å². The van der Waals surface area contributed by atoms with Crippen molar-refractivity contribution in [2.75, 3.05) is 12.0 Å². The van der Waals surface area contributed by atoms with Crippen molar-refractivity contribution in [2.24, 2.45) is 0 Å². The maximum atomic E-state index is 13.8. The maximum Gasteiger partial charge on any atom is 0.270 e. The Hall–Kier alpha value is -4.24. The summed E-state index contributed by atoms with van der Waals surface area (Å²) in [5.41, 5.74) is 1.78. The first-order valence-electron chi connectivity index (χ1n) is 10.8. The zero-order valence-corrected chi connectivity index (χ0v) is 19.4. The summed E-state index contributed by atoms with van der Waals surface area (Å²) in [7, 11) is 1.61. The van der Waals surface area contributed by atoms with Crippen LogP contribution in [0, 0.1) is 10.1 Å². The minimum atomic E-state index is -0.524. The fourth-order valence-corrected chi connectivity index (χ4v) is 4.61. The molecule has 5 rings (SSSR count). The quantitative estimate of drug-likeness (QED) is 0.281. The molecule has 0 N–H and O–H groups in total. The number of carbonyl (C=O) groups is 1. The van der Waals surface area contributed by atoms with E-state index in [-0.39, 0.29) is 17.3 Å². The Morgan fingerprint density at radius 2 is 1.86 bits per heavy atom. The number of para-hydroxylation sites is 1. The lowest BCUT2D eigenvalue weighted by Gasteiger charge is -2.39. The van der Waals surface area contributed by atoms with Crippen LogP contribution in [0.5, 0.6) is 5.75 Å². The molecule has 0 fully saturated rings. The third-order valence-electron chi connectivity index (χ3n) is 6.10. The minimum Gasteiger partial charge on any atom is -0.496 e. The standard InChI is InChI=1S/C25H20ClN5O4/c1-35-23-8-3-2-7-20(23)22-14-21(16-9-11-18(26)12-10-16)29(25-27-15-28-30(22)25)24(32)17-5-4-6-19(13-17)31(33)34/h2-13,15,21-22H,14H2,1H3. The number of hydrogen-bond donors (Lipinski definition) is 0. The normalized spacial score (nSPS) is 17.0. The van der Waals surface area contributed by atoms with Crippen molar-refractivity contribution in [1.29, 1.82) is 0 Å². The van der Waals surface area contributed by atoms with Gasteiger partial charge in [-0.05, 0) is 36.2 Å². The molecule has 0 saturated heterocycles. The Morgan fingerprint density at radius 3 is 2.60 bits per heavy atom. The molecule has 1 aliphatic heterocycles. The minimum absolute atomic E-state index is 0.163. The summed E-state index contributed by atoms with van der Waals surface area (Å²) in [6, 6.07) is 19.9. The molecule has 9 nitrogen and oxygen atoms in total. The van der Waals surface area contributed by atoms with Crippen molar-refractivity contribution in [1.82, 2.24) is 14.8 Å². The van der Waals surface area contributed by atoms with E-state index >= 15 is 0 Å². The van der Waals surface area contributed by atoms with E-state index in [4.69, 9.17) is 16.3 Å². The van der Waals surface area contributed by atoms with Gasteiger partial charge >= 0.3 is 0 Å². The molecule has 35 heavy (non-hydrogen) atoms. The van der Waals surface area contributed by atoms with Crippen LogP contribution < -0.4 is 9.64 Å². The fraction of sp³-hybridized carbons (Fsp3) is 0.160. The second-order valence-electron chi connectivity index (χ2n) is 8.05. The summed E-state index contributed by atoms with van der Waals surface area (Å²) in [5.74, 6) is 0.622. The van der Waals surface area contributed by atoms with E-state index in [0.29, 0.717) is 23.1 Å². The second-order valence-corrected chi connectivity index (χ2v) is 8.48. The van der Waals surface area contributed by atoms with Crippen LogP contribution >= 0.6 is 11.6 Å². The third kappa shape index (κ3) is 4.10. The van der Waals surface area contributed by atoms with Gasteiger partial charge in [-0.15, -0.1) is 0 Å². The van der Waals surface area contributed by atoms with Gasteiger partial charge in [-0.3, -0.25) is 19.8 Å². The largest absolute Gasteiger partial charge is 0.496 e. The molecule has 10 heteroatoms. The summed E-state index contributed by atoms with van der Waals surface area (Å²) in [5, 5.41) is 16.3. The first kappa shape index (κ1) is 22.5. The second kappa shape index (κ2) is 9.19. The lowest BCUT2D eigenvalue weighted by atomic mass is 9.91. The highest BCUT2D eigenvalue weighted by Crippen LogP contribution is 2.44. The number of carbonyl (C=O) groups excluding carboxylic acids is 1. The lowest BCUT2D eigenvalue weighted by molar-refractivity contribution is -0.384. The third-order valence-corrected chi connectivity index (χ3v) is 6.35. The van der Waals surface area contributed by atoms with E-state index in [1.807, 2.05) is 36.4 Å². The molecule has 1 aromatic heterocycles. The van der Waals surface area contributed by atoms with Crippen molar-refractivity contribution in [2.45, 2.75) is 18.5 Å². The van der Waals surface area contributed by atoms with Crippen LogP contribution in [0.15, 0.2) is 79.1 Å². The molecular formula is C25H20ClN5O4. The molecule has 3 aromatic carbocycles. The lowest BCUT2D eigenvalue weighted by Crippen LogP contribution is -2.42. The number of benzene rings is 3. The van der Waals surface area contributed by atoms with E-state index in [9.17, 15) is 14.9 Å². The van der Waals surface area contributed by atoms with Crippen LogP contribution in [0.4, 0.5) is 11.6 Å². The van der Waals surface area contributed by atoms with Crippen molar-refractivity contribution in [3.8, 4) is 5.75 Å². The molecule has 0 spiro atoms. The van der Waals surface area contributed by atoms with E-state index < -0.39 is 16.9 Å². The number of aromatic nitrogens is 3. The van der Waals surface area contributed by atoms with Crippen molar-refractivity contribution in [3.63, 3.8) is 0 Å². The summed E-state index contributed by atoms with van der Waals surface area (Å²) < 4.78 is 7.30. The first-order chi connectivity index (χ1) is 17.0. The average molecular weight is 490 g/mol. The number of hydrogen-bond acceptors (Lipinski definition) is 6. The Kier molecular flexibility index (Phi) is 5.92. The van der Waals surface area contributed by atoms with Crippen LogP contribution in [0.3, 0.4) is 0 Å². The molecular weight excluding hydrogens is 470 g/mol. The molecule has 2 atom stereocenters. The molecule has 4 aromatic rings. The van der Waals surface area contributed by atoms with Crippen LogP contribution in [0.1, 0.15) is 40.0 Å². The number of nitro groups is 1. The smallest absolute Gasteiger partial charge is 0.270 e. The number of rotatable bonds is 5. The predicted octanol–water partition coefficient (Wildman–Crippen LogP) is 5.23. The van der Waals surface area contributed by atoms with E-state index in [0.717, 1.165) is 11.1 Å². The predicted molar refractivity (Wildman–Crippen MR) is 130 cm³/mol. The SMILES string of the molecule is COc1ccccc1C1CC(c2ccc(Cl)cc2)N(C(=O)c2cccc([N+](=O)[O-])c2)c2ncnn21. The maximum absolute atomic E-state index is 13.8. The molecule has 2 unspecified atom stereocenters. The van der Waals surface area contributed by atoms with Crippen molar-refractivity contribution < 1.29 is 14.5 Å². The van der Waals surface area contributed by atoms with Crippen molar-refractivity contribution in [3.05, 3.63) is 111 Å². The van der Waals surface area contributed by atoms with Gasteiger partial charge in [0.05, 0.1) is 24.1 Å². The zero-order chi connectivity index (χ0) is 24.5. The van der Waals surface area contributed by atoms with E-state index in [1.54, 1.807) is 34.9 Å². The van der Waals surface area contributed by atoms with Gasteiger partial charge < -0.3 is 4.74 Å². The zero-order valence-electron chi connectivity index (χ0n) is 18.6. The average Bonchev–Trinajstić information content (AvgIpc) is 3.38. The van der Waals surface area contributed by atoms with Crippen molar-refractivity contribution >= 4 is 29.1 Å². The van der Waals surface area contributed by atoms with Gasteiger partial charge in [-0.1, -0.05) is 48.0 Å². The number of anilines is 1. The van der Waals surface area contributed by atoms with Gasteiger partial charge in [-0.25, -0.2) is 4.68 Å². The highest BCUT2D eigenvalue weighted by Gasteiger charge is 2.40. The first-order valence-corrected chi connectivity index (χ1v) is 11.2. The van der Waals surface area contributed by atoms with Gasteiger partial charge in [0, 0.05) is 28.3 Å². The van der Waals surface area contributed by atoms with Gasteiger partial charge in [0.15, 0.2) is 0 Å². The summed E-state index contributed by atoms with van der Waals surface area (Å²) >= 11 is 6.13. The number of fused-ring (bicyclic) bond motifs is 1. The van der Waals surface area contributed by atoms with Crippen LogP contribution in [-0.4, -0.2) is 32.7 Å². The number of nitrogens with zero attached hydrogens (tertiary/aromatic N) is 5. The van der Waals surface area contributed by atoms with Crippen LogP contribution in [-0.2, 0) is 0 Å². The number of nitro benzene ring substituents is 1. The Bertz CT molecular complexity index is 1410. The molecule has 2 heterocycles. The molecule has 0 aliphatic carbocycles. The molecule has 1 aliphatic rings. The topological polar surface area (TPSA) is 103 Å². The van der Waals surface area contributed by atoms with Crippen LogP contribution in [0.25, 0.3) is 0 Å². The monoisotopic (exact) mass is 489 g/mol. The number of ether oxygens (including phenoxy) is 1. The Morgan fingerprint density at radius 1 is 1.09 bits per heavy atom. The molecule has 0 radical (unpaired) electrons. The van der Waals surface area contributed by atoms with Gasteiger partial charge in [-0.2, -0.15) is 10.1 Å². The van der Waals surface area contributed by atoms with Gasteiger partial charge in [0.25, 0.3) is 11.6 Å². The molecule has 176 valence electrons. The Balaban J connectivity index is 1.66. The highest BCUT2D eigenvalue weighted by molar-refractivity contribution is 6.30. The molecule has 0 bridgehead atoms. The molecule has 0 saturated carbocycles. The van der Waals surface area contributed by atoms with E-state index in [1.165, 1.54) is 24.5 Å². The molecule has 1 amide bonds. The fourth-order valence-electron chi connectivity index (χ4n) is 4.49. The Labute approximate surface area is 205 Å².